The first kappa shape index (κ1) is 19.7. The van der Waals surface area contributed by atoms with E-state index < -0.39 is 0 Å². The van der Waals surface area contributed by atoms with Gasteiger partial charge in [0.1, 0.15) is 11.6 Å². The van der Waals surface area contributed by atoms with Crippen LogP contribution in [0.4, 0.5) is 0 Å². The molecule has 0 saturated heterocycles. The van der Waals surface area contributed by atoms with E-state index in [-0.39, 0.29) is 0 Å². The standard InChI is InChI=1S/C25H28N6/c1-19(2)25-27-26-23-13-14-29(15-16-30(23)25)17-21-18-31(22-11-7-4-8-12-22)28-24(21)20-9-5-3-6-10-20/h3-12,18-19H,13-17H2,1-2H3. The first-order chi connectivity index (χ1) is 15.2. The van der Waals surface area contributed by atoms with Crippen LogP contribution in [0.3, 0.4) is 0 Å². The van der Waals surface area contributed by atoms with Crippen molar-refractivity contribution < 1.29 is 0 Å². The van der Waals surface area contributed by atoms with E-state index in [1.165, 1.54) is 5.56 Å². The first-order valence-corrected chi connectivity index (χ1v) is 11.0. The molecule has 0 aliphatic carbocycles. The Morgan fingerprint density at radius 2 is 1.61 bits per heavy atom. The third kappa shape index (κ3) is 4.03. The van der Waals surface area contributed by atoms with E-state index in [4.69, 9.17) is 5.10 Å². The van der Waals surface area contributed by atoms with Gasteiger partial charge in [-0.25, -0.2) is 4.68 Å². The van der Waals surface area contributed by atoms with Gasteiger partial charge in [0, 0.05) is 55.8 Å². The lowest BCUT2D eigenvalue weighted by Gasteiger charge is -2.19. The molecule has 0 saturated carbocycles. The van der Waals surface area contributed by atoms with E-state index in [2.05, 4.69) is 88.2 Å². The highest BCUT2D eigenvalue weighted by atomic mass is 15.3. The molecule has 158 valence electrons. The van der Waals surface area contributed by atoms with Gasteiger partial charge in [-0.3, -0.25) is 4.90 Å². The number of para-hydroxylation sites is 1. The number of benzene rings is 2. The number of nitrogens with zero attached hydrogens (tertiary/aromatic N) is 6. The summed E-state index contributed by atoms with van der Waals surface area (Å²) in [6, 6.07) is 20.8. The Labute approximate surface area is 183 Å². The average molecular weight is 413 g/mol. The highest BCUT2D eigenvalue weighted by Gasteiger charge is 2.22. The fourth-order valence-electron chi connectivity index (χ4n) is 4.29. The van der Waals surface area contributed by atoms with Crippen molar-refractivity contribution in [1.29, 1.82) is 0 Å². The van der Waals surface area contributed by atoms with Crippen LogP contribution in [-0.2, 0) is 19.5 Å². The molecular formula is C25H28N6. The van der Waals surface area contributed by atoms with Gasteiger partial charge in [0.2, 0.25) is 0 Å². The summed E-state index contributed by atoms with van der Waals surface area (Å²) in [6.07, 6.45) is 3.11. The van der Waals surface area contributed by atoms with Crippen molar-refractivity contribution in [2.75, 3.05) is 13.1 Å². The average Bonchev–Trinajstić information content (AvgIpc) is 3.36. The van der Waals surface area contributed by atoms with Crippen molar-refractivity contribution in [3.8, 4) is 16.9 Å². The SMILES string of the molecule is CC(C)c1nnc2n1CCN(Cc1cn(-c3ccccc3)nc1-c1ccccc1)CC2. The predicted octanol–water partition coefficient (Wildman–Crippen LogP) is 4.31. The fourth-order valence-corrected chi connectivity index (χ4v) is 4.29. The highest BCUT2D eigenvalue weighted by Crippen LogP contribution is 2.26. The quantitative estimate of drug-likeness (QED) is 0.490. The van der Waals surface area contributed by atoms with Crippen LogP contribution in [-0.4, -0.2) is 42.5 Å². The molecule has 0 bridgehead atoms. The van der Waals surface area contributed by atoms with Crippen molar-refractivity contribution in [1.82, 2.24) is 29.4 Å². The van der Waals surface area contributed by atoms with Crippen LogP contribution in [0.2, 0.25) is 0 Å². The van der Waals surface area contributed by atoms with Crippen LogP contribution >= 0.6 is 0 Å². The van der Waals surface area contributed by atoms with Crippen LogP contribution < -0.4 is 0 Å². The third-order valence-electron chi connectivity index (χ3n) is 5.92. The van der Waals surface area contributed by atoms with E-state index in [1.54, 1.807) is 0 Å². The monoisotopic (exact) mass is 412 g/mol. The van der Waals surface area contributed by atoms with Gasteiger partial charge < -0.3 is 4.57 Å². The molecule has 3 heterocycles. The molecule has 2 aromatic heterocycles. The third-order valence-corrected chi connectivity index (χ3v) is 5.92. The zero-order valence-corrected chi connectivity index (χ0v) is 18.1. The number of hydrogen-bond donors (Lipinski definition) is 0. The van der Waals surface area contributed by atoms with Crippen molar-refractivity contribution in [2.24, 2.45) is 0 Å². The number of hydrogen-bond acceptors (Lipinski definition) is 4. The molecule has 4 aromatic rings. The largest absolute Gasteiger partial charge is 0.313 e. The molecule has 1 aliphatic rings. The maximum Gasteiger partial charge on any atom is 0.135 e. The fraction of sp³-hybridized carbons (Fsp3) is 0.320. The summed E-state index contributed by atoms with van der Waals surface area (Å²) in [5.74, 6) is 2.59. The summed E-state index contributed by atoms with van der Waals surface area (Å²) in [5, 5.41) is 13.8. The summed E-state index contributed by atoms with van der Waals surface area (Å²) in [5.41, 5.74) is 4.53. The Morgan fingerprint density at radius 3 is 2.35 bits per heavy atom. The van der Waals surface area contributed by atoms with E-state index in [9.17, 15) is 0 Å². The van der Waals surface area contributed by atoms with Gasteiger partial charge in [0.15, 0.2) is 0 Å². The lowest BCUT2D eigenvalue weighted by atomic mass is 10.1. The van der Waals surface area contributed by atoms with E-state index >= 15 is 0 Å². The highest BCUT2D eigenvalue weighted by molar-refractivity contribution is 5.63. The Kier molecular flexibility index (Phi) is 5.38. The molecule has 0 atom stereocenters. The minimum atomic E-state index is 0.390. The second kappa shape index (κ2) is 8.47. The summed E-state index contributed by atoms with van der Waals surface area (Å²) < 4.78 is 4.32. The van der Waals surface area contributed by atoms with Crippen LogP contribution in [0.25, 0.3) is 16.9 Å². The maximum atomic E-state index is 4.97. The van der Waals surface area contributed by atoms with E-state index in [0.29, 0.717) is 5.92 Å². The molecule has 0 spiro atoms. The van der Waals surface area contributed by atoms with Gasteiger partial charge in [-0.15, -0.1) is 10.2 Å². The van der Waals surface area contributed by atoms with E-state index in [0.717, 1.165) is 61.2 Å². The lowest BCUT2D eigenvalue weighted by molar-refractivity contribution is 0.270. The molecule has 6 nitrogen and oxygen atoms in total. The van der Waals surface area contributed by atoms with Crippen LogP contribution in [0.5, 0.6) is 0 Å². The summed E-state index contributed by atoms with van der Waals surface area (Å²) >= 11 is 0. The molecule has 6 heteroatoms. The van der Waals surface area contributed by atoms with Gasteiger partial charge in [0.25, 0.3) is 0 Å². The Morgan fingerprint density at radius 1 is 0.871 bits per heavy atom. The number of rotatable bonds is 5. The molecule has 0 fully saturated rings. The van der Waals surface area contributed by atoms with Crippen LogP contribution in [0.15, 0.2) is 66.9 Å². The molecule has 0 radical (unpaired) electrons. The molecule has 0 amide bonds. The van der Waals surface area contributed by atoms with E-state index in [1.807, 2.05) is 16.8 Å². The van der Waals surface area contributed by atoms with Gasteiger partial charge in [-0.05, 0) is 12.1 Å². The molecule has 0 unspecified atom stereocenters. The number of fused-ring (bicyclic) bond motifs is 1. The zero-order chi connectivity index (χ0) is 21.2. The first-order valence-electron chi connectivity index (χ1n) is 11.0. The van der Waals surface area contributed by atoms with Crippen molar-refractivity contribution in [3.05, 3.63) is 84.1 Å². The summed E-state index contributed by atoms with van der Waals surface area (Å²) in [6.45, 7) is 8.13. The second-order valence-electron chi connectivity index (χ2n) is 8.46. The zero-order valence-electron chi connectivity index (χ0n) is 18.1. The van der Waals surface area contributed by atoms with Gasteiger partial charge in [-0.2, -0.15) is 5.10 Å². The molecule has 31 heavy (non-hydrogen) atoms. The molecule has 5 rings (SSSR count). The topological polar surface area (TPSA) is 51.8 Å². The molecule has 2 aromatic carbocycles. The predicted molar refractivity (Wildman–Crippen MR) is 122 cm³/mol. The van der Waals surface area contributed by atoms with Crippen molar-refractivity contribution in [2.45, 2.75) is 39.3 Å². The van der Waals surface area contributed by atoms with Crippen molar-refractivity contribution >= 4 is 0 Å². The molecular weight excluding hydrogens is 384 g/mol. The maximum absolute atomic E-state index is 4.97. The summed E-state index contributed by atoms with van der Waals surface area (Å²) in [4.78, 5) is 2.51. The van der Waals surface area contributed by atoms with Crippen LogP contribution in [0.1, 0.15) is 37.0 Å². The molecule has 1 aliphatic heterocycles. The normalized spacial score (nSPS) is 14.5. The Hall–Kier alpha value is -3.25. The van der Waals surface area contributed by atoms with Gasteiger partial charge >= 0.3 is 0 Å². The summed E-state index contributed by atoms with van der Waals surface area (Å²) in [7, 11) is 0. The van der Waals surface area contributed by atoms with Crippen molar-refractivity contribution in [3.63, 3.8) is 0 Å². The Balaban J connectivity index is 1.43. The van der Waals surface area contributed by atoms with Gasteiger partial charge in [0.05, 0.1) is 11.4 Å². The number of aromatic nitrogens is 5. The minimum Gasteiger partial charge on any atom is -0.313 e. The molecule has 0 N–H and O–H groups in total. The Bertz CT molecular complexity index is 1140. The van der Waals surface area contributed by atoms with Gasteiger partial charge in [-0.1, -0.05) is 62.4 Å². The second-order valence-corrected chi connectivity index (χ2v) is 8.46. The smallest absolute Gasteiger partial charge is 0.135 e. The van der Waals surface area contributed by atoms with Crippen LogP contribution in [0, 0.1) is 0 Å². The minimum absolute atomic E-state index is 0.390. The lowest BCUT2D eigenvalue weighted by Crippen LogP contribution is -2.27.